The van der Waals surface area contributed by atoms with E-state index in [9.17, 15) is 19.1 Å². The van der Waals surface area contributed by atoms with E-state index >= 15 is 0 Å². The molecule has 2 heterocycles. The number of thiazole rings is 1. The molecule has 1 N–H and O–H groups in total. The highest BCUT2D eigenvalue weighted by atomic mass is 32.1. The van der Waals surface area contributed by atoms with Gasteiger partial charge in [0.2, 0.25) is 0 Å². The van der Waals surface area contributed by atoms with E-state index in [1.807, 2.05) is 0 Å². The number of alkyl halides is 2. The fourth-order valence-corrected chi connectivity index (χ4v) is 4.37. The van der Waals surface area contributed by atoms with E-state index in [4.69, 9.17) is 4.74 Å². The topological polar surface area (TPSA) is 78.5 Å². The Morgan fingerprint density at radius 3 is 2.53 bits per heavy atom. The van der Waals surface area contributed by atoms with Gasteiger partial charge in [-0.3, -0.25) is 0 Å². The maximum Gasteiger partial charge on any atom is 0.387 e. The molecular formula is C23H24F2N2O4S. The Kier molecular flexibility index (Phi) is 6.30. The van der Waals surface area contributed by atoms with Crippen molar-refractivity contribution in [2.75, 3.05) is 0 Å². The van der Waals surface area contributed by atoms with Crippen LogP contribution in [-0.2, 0) is 12.0 Å². The molecule has 6 nitrogen and oxygen atoms in total. The summed E-state index contributed by atoms with van der Waals surface area (Å²) < 4.78 is 37.0. The molecular weight excluding hydrogens is 438 g/mol. The highest BCUT2D eigenvalue weighted by Gasteiger charge is 2.28. The lowest BCUT2D eigenvalue weighted by Gasteiger charge is -2.19. The SMILES string of the molecule is CC(C)(O)c1ncc(C(Cc2cc[n+]([O-])cc2)c2ccc(OC(F)F)c(OC3CC3)c2)s1. The first-order valence-electron chi connectivity index (χ1n) is 10.3. The molecule has 3 aromatic rings. The highest BCUT2D eigenvalue weighted by Crippen LogP contribution is 2.40. The van der Waals surface area contributed by atoms with Crippen molar-refractivity contribution in [3.8, 4) is 11.5 Å². The third kappa shape index (κ3) is 5.52. The lowest BCUT2D eigenvalue weighted by atomic mass is 9.91. The van der Waals surface area contributed by atoms with Gasteiger partial charge in [0.05, 0.1) is 6.10 Å². The summed E-state index contributed by atoms with van der Waals surface area (Å²) in [5, 5.41) is 22.4. The Balaban J connectivity index is 1.72. The summed E-state index contributed by atoms with van der Waals surface area (Å²) >= 11 is 1.39. The number of hydrogen-bond acceptors (Lipinski definition) is 6. The molecule has 1 saturated carbocycles. The predicted octanol–water partition coefficient (Wildman–Crippen LogP) is 4.52. The van der Waals surface area contributed by atoms with Crippen LogP contribution in [0.1, 0.15) is 53.6 Å². The minimum Gasteiger partial charge on any atom is -0.619 e. The second kappa shape index (κ2) is 8.99. The maximum absolute atomic E-state index is 12.9. The van der Waals surface area contributed by atoms with Gasteiger partial charge < -0.3 is 19.8 Å². The van der Waals surface area contributed by atoms with Gasteiger partial charge in [0.15, 0.2) is 23.9 Å². The van der Waals surface area contributed by atoms with Crippen LogP contribution in [0.3, 0.4) is 0 Å². The fraction of sp³-hybridized carbons (Fsp3) is 0.391. The monoisotopic (exact) mass is 462 g/mol. The van der Waals surface area contributed by atoms with Gasteiger partial charge in [0.1, 0.15) is 10.6 Å². The second-order valence-electron chi connectivity index (χ2n) is 8.35. The molecule has 1 atom stereocenters. The average Bonchev–Trinajstić information content (AvgIpc) is 3.39. The Hall–Kier alpha value is -2.78. The van der Waals surface area contributed by atoms with E-state index in [1.54, 1.807) is 44.3 Å². The third-order valence-electron chi connectivity index (χ3n) is 5.11. The van der Waals surface area contributed by atoms with Crippen molar-refractivity contribution in [3.05, 3.63) is 75.1 Å². The molecule has 0 bridgehead atoms. The molecule has 1 unspecified atom stereocenters. The number of aromatic nitrogens is 2. The first kappa shape index (κ1) is 22.4. The minimum atomic E-state index is -2.95. The van der Waals surface area contributed by atoms with Crippen molar-refractivity contribution in [2.45, 2.75) is 57.3 Å². The molecule has 0 spiro atoms. The molecule has 0 amide bonds. The molecule has 170 valence electrons. The summed E-state index contributed by atoms with van der Waals surface area (Å²) in [5.74, 6) is 0.101. The van der Waals surface area contributed by atoms with Crippen molar-refractivity contribution >= 4 is 11.3 Å². The summed E-state index contributed by atoms with van der Waals surface area (Å²) in [6.45, 7) is 0.400. The normalized spacial score (nSPS) is 15.1. The van der Waals surface area contributed by atoms with E-state index in [-0.39, 0.29) is 23.5 Å². The highest BCUT2D eigenvalue weighted by molar-refractivity contribution is 7.11. The Labute approximate surface area is 188 Å². The first-order chi connectivity index (χ1) is 15.2. The smallest absolute Gasteiger partial charge is 0.387 e. The Morgan fingerprint density at radius 2 is 1.94 bits per heavy atom. The molecule has 32 heavy (non-hydrogen) atoms. The molecule has 0 radical (unpaired) electrons. The van der Waals surface area contributed by atoms with Crippen LogP contribution in [0, 0.1) is 5.21 Å². The van der Waals surface area contributed by atoms with Crippen LogP contribution in [0.4, 0.5) is 8.78 Å². The van der Waals surface area contributed by atoms with Crippen LogP contribution in [0.25, 0.3) is 0 Å². The van der Waals surface area contributed by atoms with E-state index < -0.39 is 12.2 Å². The summed E-state index contributed by atoms with van der Waals surface area (Å²) in [6.07, 6.45) is 6.91. The number of nitrogens with zero attached hydrogens (tertiary/aromatic N) is 2. The van der Waals surface area contributed by atoms with Crippen molar-refractivity contribution < 1.29 is 28.1 Å². The van der Waals surface area contributed by atoms with Gasteiger partial charge in [-0.25, -0.2) is 4.98 Å². The zero-order valence-corrected chi connectivity index (χ0v) is 18.5. The quantitative estimate of drug-likeness (QED) is 0.374. The number of aliphatic hydroxyl groups is 1. The molecule has 4 rings (SSSR count). The van der Waals surface area contributed by atoms with Gasteiger partial charge >= 0.3 is 6.61 Å². The van der Waals surface area contributed by atoms with Crippen LogP contribution < -0.4 is 14.2 Å². The maximum atomic E-state index is 12.9. The molecule has 1 aliphatic rings. The Morgan fingerprint density at radius 1 is 1.22 bits per heavy atom. The van der Waals surface area contributed by atoms with Gasteiger partial charge in [0.25, 0.3) is 0 Å². The van der Waals surface area contributed by atoms with Crippen molar-refractivity contribution in [1.29, 1.82) is 0 Å². The van der Waals surface area contributed by atoms with Crippen molar-refractivity contribution in [3.63, 3.8) is 0 Å². The number of ether oxygens (including phenoxy) is 2. The summed E-state index contributed by atoms with van der Waals surface area (Å²) in [6, 6.07) is 8.46. The average molecular weight is 463 g/mol. The number of pyridine rings is 1. The molecule has 1 aliphatic carbocycles. The van der Waals surface area contributed by atoms with Crippen molar-refractivity contribution in [1.82, 2.24) is 4.98 Å². The number of halogens is 2. The van der Waals surface area contributed by atoms with Crippen LogP contribution in [0.2, 0.25) is 0 Å². The second-order valence-corrected chi connectivity index (χ2v) is 9.41. The lowest BCUT2D eigenvalue weighted by molar-refractivity contribution is -0.605. The fourth-order valence-electron chi connectivity index (χ4n) is 3.32. The summed E-state index contributed by atoms with van der Waals surface area (Å²) in [5.41, 5.74) is 0.689. The van der Waals surface area contributed by atoms with Gasteiger partial charge in [-0.1, -0.05) is 6.07 Å². The van der Waals surface area contributed by atoms with Crippen LogP contribution in [0.5, 0.6) is 11.5 Å². The van der Waals surface area contributed by atoms with E-state index in [0.29, 0.717) is 11.4 Å². The van der Waals surface area contributed by atoms with Crippen molar-refractivity contribution in [2.24, 2.45) is 0 Å². The number of benzene rings is 1. The Bertz CT molecular complexity index is 1060. The molecule has 0 aliphatic heterocycles. The number of hydrogen-bond donors (Lipinski definition) is 1. The first-order valence-corrected chi connectivity index (χ1v) is 11.1. The van der Waals surface area contributed by atoms with Crippen LogP contribution in [0.15, 0.2) is 48.9 Å². The molecule has 1 fully saturated rings. The minimum absolute atomic E-state index is 0.00277. The third-order valence-corrected chi connectivity index (χ3v) is 6.53. The van der Waals surface area contributed by atoms with E-state index in [2.05, 4.69) is 9.72 Å². The number of rotatable bonds is 9. The van der Waals surface area contributed by atoms with Gasteiger partial charge in [-0.15, -0.1) is 11.3 Å². The van der Waals surface area contributed by atoms with E-state index in [1.165, 1.54) is 29.8 Å². The van der Waals surface area contributed by atoms with Crippen LogP contribution >= 0.6 is 11.3 Å². The molecule has 0 saturated heterocycles. The summed E-state index contributed by atoms with van der Waals surface area (Å²) in [7, 11) is 0. The molecule has 2 aromatic heterocycles. The van der Waals surface area contributed by atoms with Gasteiger partial charge in [-0.2, -0.15) is 13.5 Å². The summed E-state index contributed by atoms with van der Waals surface area (Å²) in [4.78, 5) is 5.29. The molecule has 9 heteroatoms. The standard InChI is InChI=1S/C23H24F2N2O4S/c1-23(2,28)21-26-13-20(32-21)17(11-14-7-9-27(29)10-8-14)15-3-6-18(31-22(24)25)19(12-15)30-16-4-5-16/h3,6-10,12-13,16-17,22,28H,4-5,11H2,1-2H3. The lowest BCUT2D eigenvalue weighted by Crippen LogP contribution is -2.24. The van der Waals surface area contributed by atoms with Gasteiger partial charge in [0, 0.05) is 29.1 Å². The van der Waals surface area contributed by atoms with E-state index in [0.717, 1.165) is 33.6 Å². The van der Waals surface area contributed by atoms with Gasteiger partial charge in [-0.05, 0) is 56.4 Å². The largest absolute Gasteiger partial charge is 0.619 e. The molecule has 1 aromatic carbocycles. The van der Waals surface area contributed by atoms with Crippen LogP contribution in [-0.4, -0.2) is 22.8 Å². The zero-order chi connectivity index (χ0) is 22.9. The zero-order valence-electron chi connectivity index (χ0n) is 17.7. The predicted molar refractivity (Wildman–Crippen MR) is 115 cm³/mol.